The molecule has 0 bridgehead atoms. The van der Waals surface area contributed by atoms with Crippen LogP contribution in [0, 0.1) is 5.92 Å². The number of aromatic nitrogens is 2. The fourth-order valence-electron chi connectivity index (χ4n) is 3.66. The summed E-state index contributed by atoms with van der Waals surface area (Å²) in [5.74, 6) is 0.726. The summed E-state index contributed by atoms with van der Waals surface area (Å²) < 4.78 is 2.08. The quantitative estimate of drug-likeness (QED) is 0.751. The van der Waals surface area contributed by atoms with Gasteiger partial charge in [-0.3, -0.25) is 4.68 Å². The molecule has 1 N–H and O–H groups in total. The van der Waals surface area contributed by atoms with Crippen LogP contribution in [0.5, 0.6) is 0 Å². The summed E-state index contributed by atoms with van der Waals surface area (Å²) in [6.07, 6.45) is 13.8. The summed E-state index contributed by atoms with van der Waals surface area (Å²) in [6, 6.07) is 2.58. The van der Waals surface area contributed by atoms with E-state index in [0.717, 1.165) is 30.9 Å². The lowest BCUT2D eigenvalue weighted by atomic mass is 9.92. The smallest absolute Gasteiger partial charge is 0.0650 e. The van der Waals surface area contributed by atoms with Crippen molar-refractivity contribution in [3.8, 4) is 0 Å². The lowest BCUT2D eigenvalue weighted by molar-refractivity contribution is 0.136. The Kier molecular flexibility index (Phi) is 6.75. The monoisotopic (exact) mass is 292 g/mol. The van der Waals surface area contributed by atoms with Crippen molar-refractivity contribution in [3.05, 3.63) is 18.0 Å². The Morgan fingerprint density at radius 2 is 1.86 bits per heavy atom. The summed E-state index contributed by atoms with van der Waals surface area (Å²) in [5, 5.41) is 15.0. The van der Waals surface area contributed by atoms with Gasteiger partial charge in [-0.1, -0.05) is 52.4 Å². The Morgan fingerprint density at radius 3 is 2.48 bits per heavy atom. The van der Waals surface area contributed by atoms with Gasteiger partial charge in [-0.25, -0.2) is 0 Å². The molecule has 0 amide bonds. The van der Waals surface area contributed by atoms with Crippen molar-refractivity contribution < 1.29 is 5.11 Å². The fourth-order valence-corrected chi connectivity index (χ4v) is 3.66. The third-order valence-corrected chi connectivity index (χ3v) is 5.01. The zero-order chi connectivity index (χ0) is 15.1. The molecule has 1 aliphatic rings. The van der Waals surface area contributed by atoms with Crippen molar-refractivity contribution in [1.29, 1.82) is 0 Å². The number of aliphatic hydroxyl groups is 1. The molecular formula is C18H32N2O. The van der Waals surface area contributed by atoms with E-state index in [-0.39, 0.29) is 6.10 Å². The third kappa shape index (κ3) is 5.14. The molecule has 21 heavy (non-hydrogen) atoms. The van der Waals surface area contributed by atoms with Crippen LogP contribution in [0.1, 0.15) is 83.4 Å². The average molecular weight is 292 g/mol. The van der Waals surface area contributed by atoms with Crippen molar-refractivity contribution in [2.45, 2.75) is 90.2 Å². The zero-order valence-corrected chi connectivity index (χ0v) is 13.8. The van der Waals surface area contributed by atoms with E-state index in [4.69, 9.17) is 0 Å². The number of hydrogen-bond donors (Lipinski definition) is 1. The van der Waals surface area contributed by atoms with Crippen molar-refractivity contribution in [2.24, 2.45) is 5.92 Å². The summed E-state index contributed by atoms with van der Waals surface area (Å²) in [6.45, 7) is 4.41. The van der Waals surface area contributed by atoms with Crippen LogP contribution in [0.4, 0.5) is 0 Å². The van der Waals surface area contributed by atoms with Crippen LogP contribution < -0.4 is 0 Å². The summed E-state index contributed by atoms with van der Waals surface area (Å²) in [7, 11) is 0. The first-order valence-electron chi connectivity index (χ1n) is 8.95. The molecule has 3 nitrogen and oxygen atoms in total. The van der Waals surface area contributed by atoms with E-state index >= 15 is 0 Å². The Labute approximate surface area is 129 Å². The van der Waals surface area contributed by atoms with Gasteiger partial charge >= 0.3 is 0 Å². The second-order valence-corrected chi connectivity index (χ2v) is 6.71. The first kappa shape index (κ1) is 16.5. The second kappa shape index (κ2) is 8.57. The minimum atomic E-state index is -0.224. The highest BCUT2D eigenvalue weighted by molar-refractivity contribution is 5.01. The number of rotatable bonds is 7. The normalized spacial score (nSPS) is 18.9. The van der Waals surface area contributed by atoms with Gasteiger partial charge in [-0.2, -0.15) is 5.10 Å². The maximum Gasteiger partial charge on any atom is 0.0650 e. The molecule has 0 aliphatic heterocycles. The molecule has 3 heteroatoms. The highest BCUT2D eigenvalue weighted by atomic mass is 16.3. The van der Waals surface area contributed by atoms with Crippen LogP contribution >= 0.6 is 0 Å². The van der Waals surface area contributed by atoms with Gasteiger partial charge in [-0.05, 0) is 31.2 Å². The van der Waals surface area contributed by atoms with Crippen LogP contribution in [0.25, 0.3) is 0 Å². The number of hydrogen-bond acceptors (Lipinski definition) is 2. The molecule has 1 heterocycles. The molecule has 1 atom stereocenters. The minimum absolute atomic E-state index is 0.224. The van der Waals surface area contributed by atoms with Gasteiger partial charge in [0.2, 0.25) is 0 Å². The molecule has 0 radical (unpaired) electrons. The fraction of sp³-hybridized carbons (Fsp3) is 0.833. The summed E-state index contributed by atoms with van der Waals surface area (Å²) >= 11 is 0. The molecule has 1 fully saturated rings. The van der Waals surface area contributed by atoms with E-state index in [1.807, 2.05) is 0 Å². The van der Waals surface area contributed by atoms with Crippen molar-refractivity contribution in [3.63, 3.8) is 0 Å². The van der Waals surface area contributed by atoms with E-state index in [1.165, 1.54) is 38.5 Å². The lowest BCUT2D eigenvalue weighted by Crippen LogP contribution is -2.17. The summed E-state index contributed by atoms with van der Waals surface area (Å²) in [4.78, 5) is 0. The maximum absolute atomic E-state index is 10.4. The largest absolute Gasteiger partial charge is 0.393 e. The highest BCUT2D eigenvalue weighted by Gasteiger charge is 2.18. The Bertz CT molecular complexity index is 390. The van der Waals surface area contributed by atoms with E-state index < -0.39 is 0 Å². The van der Waals surface area contributed by atoms with Crippen molar-refractivity contribution in [1.82, 2.24) is 9.78 Å². The minimum Gasteiger partial charge on any atom is -0.393 e. The van der Waals surface area contributed by atoms with Crippen LogP contribution in [0.2, 0.25) is 0 Å². The van der Waals surface area contributed by atoms with E-state index in [9.17, 15) is 5.11 Å². The van der Waals surface area contributed by atoms with Gasteiger partial charge in [0.15, 0.2) is 0 Å². The van der Waals surface area contributed by atoms with Gasteiger partial charge in [-0.15, -0.1) is 0 Å². The standard InChI is InChI=1S/C18H32N2O/c1-3-17(4-2)20-12-11-16(19-20)14-18(21)13-15-9-7-5-6-8-10-15/h11-12,15,17-18,21H,3-10,13-14H2,1-2H3. The van der Waals surface area contributed by atoms with Crippen LogP contribution in [-0.2, 0) is 6.42 Å². The van der Waals surface area contributed by atoms with Gasteiger partial charge in [0.1, 0.15) is 0 Å². The molecule has 0 spiro atoms. The Hall–Kier alpha value is -0.830. The van der Waals surface area contributed by atoms with Gasteiger partial charge < -0.3 is 5.11 Å². The molecule has 0 aromatic carbocycles. The van der Waals surface area contributed by atoms with Crippen LogP contribution in [0.15, 0.2) is 12.3 Å². The predicted molar refractivity (Wildman–Crippen MR) is 87.4 cm³/mol. The zero-order valence-electron chi connectivity index (χ0n) is 13.8. The highest BCUT2D eigenvalue weighted by Crippen LogP contribution is 2.27. The Morgan fingerprint density at radius 1 is 1.19 bits per heavy atom. The van der Waals surface area contributed by atoms with Crippen molar-refractivity contribution >= 4 is 0 Å². The van der Waals surface area contributed by atoms with E-state index in [0.29, 0.717) is 12.5 Å². The lowest BCUT2D eigenvalue weighted by Gasteiger charge is -2.18. The molecular weight excluding hydrogens is 260 g/mol. The molecule has 0 saturated heterocycles. The first-order valence-corrected chi connectivity index (χ1v) is 8.95. The number of nitrogens with zero attached hydrogens (tertiary/aromatic N) is 2. The SMILES string of the molecule is CCC(CC)n1ccc(CC(O)CC2CCCCCC2)n1. The van der Waals surface area contributed by atoms with Crippen LogP contribution in [0.3, 0.4) is 0 Å². The molecule has 2 rings (SSSR count). The van der Waals surface area contributed by atoms with E-state index in [2.05, 4.69) is 35.9 Å². The molecule has 1 aliphatic carbocycles. The topological polar surface area (TPSA) is 38.0 Å². The number of aliphatic hydroxyl groups excluding tert-OH is 1. The molecule has 120 valence electrons. The summed E-state index contributed by atoms with van der Waals surface area (Å²) in [5.41, 5.74) is 1.04. The van der Waals surface area contributed by atoms with Gasteiger partial charge in [0.05, 0.1) is 17.8 Å². The Balaban J connectivity index is 1.83. The first-order chi connectivity index (χ1) is 10.2. The molecule has 1 unspecified atom stereocenters. The molecule has 1 saturated carbocycles. The van der Waals surface area contributed by atoms with Crippen molar-refractivity contribution in [2.75, 3.05) is 0 Å². The van der Waals surface area contributed by atoms with Crippen LogP contribution in [-0.4, -0.2) is 21.0 Å². The average Bonchev–Trinajstić information content (AvgIpc) is 2.76. The second-order valence-electron chi connectivity index (χ2n) is 6.71. The maximum atomic E-state index is 10.4. The predicted octanol–water partition coefficient (Wildman–Crippen LogP) is 4.51. The van der Waals surface area contributed by atoms with E-state index in [1.54, 1.807) is 0 Å². The third-order valence-electron chi connectivity index (χ3n) is 5.01. The molecule has 1 aromatic heterocycles. The van der Waals surface area contributed by atoms with Gasteiger partial charge in [0.25, 0.3) is 0 Å². The molecule has 1 aromatic rings. The van der Waals surface area contributed by atoms with Gasteiger partial charge in [0, 0.05) is 12.6 Å².